The van der Waals surface area contributed by atoms with E-state index < -0.39 is 12.1 Å². The second-order valence-electron chi connectivity index (χ2n) is 3.95. The lowest BCUT2D eigenvalue weighted by Gasteiger charge is -2.15. The quantitative estimate of drug-likeness (QED) is 0.787. The Hall–Kier alpha value is -1.91. The molecule has 5 nitrogen and oxygen atoms in total. The van der Waals surface area contributed by atoms with Crippen molar-refractivity contribution in [2.45, 2.75) is 26.5 Å². The van der Waals surface area contributed by atoms with Gasteiger partial charge in [0.15, 0.2) is 0 Å². The van der Waals surface area contributed by atoms with Crippen LogP contribution in [-0.4, -0.2) is 23.4 Å². The van der Waals surface area contributed by atoms with E-state index in [4.69, 9.17) is 4.74 Å². The van der Waals surface area contributed by atoms with Gasteiger partial charge in [-0.05, 0) is 18.1 Å². The van der Waals surface area contributed by atoms with Gasteiger partial charge in [0.05, 0.1) is 11.7 Å². The van der Waals surface area contributed by atoms with Crippen LogP contribution in [0.4, 0.5) is 4.79 Å². The molecular formula is C12H16N2O3. The van der Waals surface area contributed by atoms with E-state index in [1.54, 1.807) is 18.3 Å². The fraction of sp³-hybridized carbons (Fsp3) is 0.417. The number of ether oxygens (including phenoxy) is 1. The maximum atomic E-state index is 11.4. The monoisotopic (exact) mass is 236 g/mol. The molecule has 1 amide bonds. The smallest absolute Gasteiger partial charge is 0.408 e. The number of pyridine rings is 1. The van der Waals surface area contributed by atoms with E-state index in [-0.39, 0.29) is 12.5 Å². The molecule has 1 aromatic heterocycles. The summed E-state index contributed by atoms with van der Waals surface area (Å²) in [5.74, 6) is 0.0369. The van der Waals surface area contributed by atoms with Crippen molar-refractivity contribution in [3.05, 3.63) is 30.1 Å². The minimum Gasteiger partial charge on any atom is -0.443 e. The Kier molecular flexibility index (Phi) is 5.13. The number of hydrogen-bond acceptors (Lipinski definition) is 4. The first-order valence-corrected chi connectivity index (χ1v) is 5.42. The number of nitrogens with one attached hydrogen (secondary N) is 1. The number of rotatable bonds is 5. The fourth-order valence-corrected chi connectivity index (χ4v) is 1.16. The molecule has 0 spiro atoms. The molecule has 0 aromatic carbocycles. The predicted molar refractivity (Wildman–Crippen MR) is 62.2 cm³/mol. The summed E-state index contributed by atoms with van der Waals surface area (Å²) >= 11 is 0. The lowest BCUT2D eigenvalue weighted by molar-refractivity contribution is -0.110. The van der Waals surface area contributed by atoms with Gasteiger partial charge in [-0.25, -0.2) is 4.79 Å². The Morgan fingerprint density at radius 2 is 2.29 bits per heavy atom. The van der Waals surface area contributed by atoms with Gasteiger partial charge < -0.3 is 14.8 Å². The van der Waals surface area contributed by atoms with Crippen LogP contribution in [0.15, 0.2) is 24.4 Å². The number of carbonyl (C=O) groups excluding carboxylic acids is 2. The third-order valence-corrected chi connectivity index (χ3v) is 2.23. The summed E-state index contributed by atoms with van der Waals surface area (Å²) in [7, 11) is 0. The van der Waals surface area contributed by atoms with Gasteiger partial charge in [0, 0.05) is 6.20 Å². The van der Waals surface area contributed by atoms with Crippen LogP contribution >= 0.6 is 0 Å². The number of carbonyl (C=O) groups is 2. The zero-order chi connectivity index (χ0) is 12.7. The number of hydrogen-bond donors (Lipinski definition) is 1. The summed E-state index contributed by atoms with van der Waals surface area (Å²) in [6, 6.07) is 4.83. The van der Waals surface area contributed by atoms with Crippen LogP contribution in [0.25, 0.3) is 0 Å². The van der Waals surface area contributed by atoms with E-state index in [1.165, 1.54) is 0 Å². The maximum absolute atomic E-state index is 11.4. The molecule has 0 radical (unpaired) electrons. The van der Waals surface area contributed by atoms with Crippen molar-refractivity contribution < 1.29 is 14.3 Å². The van der Waals surface area contributed by atoms with Gasteiger partial charge in [-0.2, -0.15) is 0 Å². The minimum atomic E-state index is -0.610. The van der Waals surface area contributed by atoms with Crippen molar-refractivity contribution in [3.8, 4) is 0 Å². The Labute approximate surface area is 100 Å². The van der Waals surface area contributed by atoms with Gasteiger partial charge in [0.1, 0.15) is 12.9 Å². The fourth-order valence-electron chi connectivity index (χ4n) is 1.16. The van der Waals surface area contributed by atoms with Gasteiger partial charge >= 0.3 is 6.09 Å². The first-order chi connectivity index (χ1) is 8.13. The van der Waals surface area contributed by atoms with Crippen LogP contribution in [0.2, 0.25) is 0 Å². The number of aromatic nitrogens is 1. The summed E-state index contributed by atoms with van der Waals surface area (Å²) in [6.07, 6.45) is 1.72. The summed E-state index contributed by atoms with van der Waals surface area (Å²) in [5, 5.41) is 2.48. The van der Waals surface area contributed by atoms with Crippen LogP contribution in [0.5, 0.6) is 0 Å². The summed E-state index contributed by atoms with van der Waals surface area (Å²) in [6.45, 7) is 3.78. The van der Waals surface area contributed by atoms with E-state index in [9.17, 15) is 9.59 Å². The van der Waals surface area contributed by atoms with Gasteiger partial charge in [0.25, 0.3) is 0 Å². The van der Waals surface area contributed by atoms with E-state index in [0.29, 0.717) is 12.0 Å². The van der Waals surface area contributed by atoms with Crippen molar-refractivity contribution in [1.29, 1.82) is 0 Å². The molecule has 1 N–H and O–H groups in total. The molecule has 1 atom stereocenters. The molecule has 0 aliphatic heterocycles. The highest BCUT2D eigenvalue weighted by Gasteiger charge is 2.15. The number of alkyl carbamates (subject to hydrolysis) is 1. The maximum Gasteiger partial charge on any atom is 0.408 e. The van der Waals surface area contributed by atoms with Gasteiger partial charge in [0.2, 0.25) is 0 Å². The highest BCUT2D eigenvalue weighted by atomic mass is 16.5. The normalized spacial score (nSPS) is 11.9. The molecule has 1 heterocycles. The topological polar surface area (TPSA) is 68.3 Å². The van der Waals surface area contributed by atoms with Crippen LogP contribution in [0, 0.1) is 5.92 Å². The minimum absolute atomic E-state index is 0.0369. The van der Waals surface area contributed by atoms with Crippen molar-refractivity contribution in [1.82, 2.24) is 10.3 Å². The largest absolute Gasteiger partial charge is 0.443 e. The van der Waals surface area contributed by atoms with Crippen molar-refractivity contribution in [3.63, 3.8) is 0 Å². The highest BCUT2D eigenvalue weighted by molar-refractivity contribution is 5.73. The van der Waals surface area contributed by atoms with E-state index in [1.807, 2.05) is 19.9 Å². The average Bonchev–Trinajstić information content (AvgIpc) is 2.34. The molecule has 5 heteroatoms. The third-order valence-electron chi connectivity index (χ3n) is 2.23. The zero-order valence-electron chi connectivity index (χ0n) is 9.92. The SMILES string of the molecule is CC(C)C(C=O)NC(=O)OCc1ccccn1. The highest BCUT2D eigenvalue weighted by Crippen LogP contribution is 2.00. The average molecular weight is 236 g/mol. The molecule has 0 saturated heterocycles. The van der Waals surface area contributed by atoms with Crippen LogP contribution < -0.4 is 5.32 Å². The number of amides is 1. The molecule has 17 heavy (non-hydrogen) atoms. The molecule has 0 bridgehead atoms. The second-order valence-corrected chi connectivity index (χ2v) is 3.95. The Morgan fingerprint density at radius 3 is 2.82 bits per heavy atom. The lowest BCUT2D eigenvalue weighted by Crippen LogP contribution is -2.39. The van der Waals surface area contributed by atoms with Crippen LogP contribution in [-0.2, 0) is 16.1 Å². The van der Waals surface area contributed by atoms with Crippen LogP contribution in [0.3, 0.4) is 0 Å². The van der Waals surface area contributed by atoms with Gasteiger partial charge in [-0.1, -0.05) is 19.9 Å². The Balaban J connectivity index is 2.37. The molecule has 1 aromatic rings. The predicted octanol–water partition coefficient (Wildman–Crippen LogP) is 1.53. The van der Waals surface area contributed by atoms with E-state index in [0.717, 1.165) is 0 Å². The first-order valence-electron chi connectivity index (χ1n) is 5.42. The van der Waals surface area contributed by atoms with Crippen molar-refractivity contribution >= 4 is 12.4 Å². The first kappa shape index (κ1) is 13.2. The third kappa shape index (κ3) is 4.63. The van der Waals surface area contributed by atoms with Crippen molar-refractivity contribution in [2.24, 2.45) is 5.92 Å². The number of aldehydes is 1. The van der Waals surface area contributed by atoms with Gasteiger partial charge in [-0.3, -0.25) is 4.98 Å². The van der Waals surface area contributed by atoms with E-state index in [2.05, 4.69) is 10.3 Å². The van der Waals surface area contributed by atoms with E-state index >= 15 is 0 Å². The zero-order valence-corrected chi connectivity index (χ0v) is 9.92. The molecule has 0 fully saturated rings. The van der Waals surface area contributed by atoms with Gasteiger partial charge in [-0.15, -0.1) is 0 Å². The Morgan fingerprint density at radius 1 is 1.53 bits per heavy atom. The summed E-state index contributed by atoms with van der Waals surface area (Å²) in [4.78, 5) is 26.1. The molecule has 1 unspecified atom stereocenters. The molecule has 1 rings (SSSR count). The molecule has 0 aliphatic carbocycles. The molecule has 0 saturated carbocycles. The summed E-state index contributed by atoms with van der Waals surface area (Å²) in [5.41, 5.74) is 0.662. The molecule has 92 valence electrons. The van der Waals surface area contributed by atoms with Crippen LogP contribution in [0.1, 0.15) is 19.5 Å². The number of nitrogens with zero attached hydrogens (tertiary/aromatic N) is 1. The standard InChI is InChI=1S/C12H16N2O3/c1-9(2)11(7-15)14-12(16)17-8-10-5-3-4-6-13-10/h3-7,9,11H,8H2,1-2H3,(H,14,16). The lowest BCUT2D eigenvalue weighted by atomic mass is 10.1. The molecular weight excluding hydrogens is 220 g/mol. The van der Waals surface area contributed by atoms with Crippen molar-refractivity contribution in [2.75, 3.05) is 0 Å². The second kappa shape index (κ2) is 6.62. The Bertz CT molecular complexity index is 365. The molecule has 0 aliphatic rings. The summed E-state index contributed by atoms with van der Waals surface area (Å²) < 4.78 is 4.94.